The molecule has 2 heterocycles. The van der Waals surface area contributed by atoms with Crippen LogP contribution in [0, 0.1) is 0 Å². The van der Waals surface area contributed by atoms with Crippen LogP contribution in [0.3, 0.4) is 0 Å². The van der Waals surface area contributed by atoms with E-state index in [2.05, 4.69) is 4.98 Å². The molecule has 1 atom stereocenters. The lowest BCUT2D eigenvalue weighted by molar-refractivity contribution is -0.0973. The number of amides is 1. The number of fused-ring (bicyclic) bond motifs is 1. The molecule has 0 saturated heterocycles. The molecule has 9 heteroatoms. The van der Waals surface area contributed by atoms with E-state index in [0.29, 0.717) is 10.6 Å². The number of carbonyl (C=O) groups excluding carboxylic acids is 2. The van der Waals surface area contributed by atoms with Gasteiger partial charge in [0, 0.05) is 16.1 Å². The fourth-order valence-corrected chi connectivity index (χ4v) is 3.51. The summed E-state index contributed by atoms with van der Waals surface area (Å²) in [5.41, 5.74) is -2.47. The van der Waals surface area contributed by atoms with Crippen LogP contribution in [0.2, 0.25) is 5.02 Å². The molecular formula is C23H14ClF3N2O3. The number of aliphatic hydroxyl groups is 1. The molecule has 32 heavy (non-hydrogen) atoms. The SMILES string of the molecule is O=C(C1=C(C(F)(F)F)NC(=O)c2ccc(-c3ccc(Cl)cc3)nc2C1O)c1ccccc1. The van der Waals surface area contributed by atoms with Crippen molar-refractivity contribution in [1.29, 1.82) is 0 Å². The molecule has 5 nitrogen and oxygen atoms in total. The Kier molecular flexibility index (Phi) is 5.58. The second-order valence-electron chi connectivity index (χ2n) is 6.97. The van der Waals surface area contributed by atoms with Crippen LogP contribution in [0.15, 0.2) is 78.0 Å². The van der Waals surface area contributed by atoms with Gasteiger partial charge in [-0.3, -0.25) is 9.59 Å². The minimum Gasteiger partial charge on any atom is -0.382 e. The van der Waals surface area contributed by atoms with Crippen LogP contribution in [0.25, 0.3) is 11.3 Å². The van der Waals surface area contributed by atoms with Gasteiger partial charge in [0.05, 0.1) is 22.5 Å². The Morgan fingerprint density at radius 3 is 2.28 bits per heavy atom. The standard InChI is InChI=1S/C23H14ClF3N2O3/c24-14-8-6-12(7-9-14)16-11-10-15-18(28-16)20(31)17(19(30)13-4-2-1-3-5-13)21(23(25,26)27)29-22(15)32/h1-11,20,31H,(H,29,32). The first-order valence-corrected chi connectivity index (χ1v) is 9.72. The highest BCUT2D eigenvalue weighted by molar-refractivity contribution is 6.30. The minimum atomic E-state index is -5.10. The summed E-state index contributed by atoms with van der Waals surface area (Å²) >= 11 is 5.89. The number of nitrogens with one attached hydrogen (secondary N) is 1. The van der Waals surface area contributed by atoms with Crippen LogP contribution in [0.5, 0.6) is 0 Å². The van der Waals surface area contributed by atoms with Crippen LogP contribution in [-0.4, -0.2) is 28.0 Å². The number of nitrogens with zero attached hydrogens (tertiary/aromatic N) is 1. The highest BCUT2D eigenvalue weighted by atomic mass is 35.5. The van der Waals surface area contributed by atoms with Gasteiger partial charge in [0.1, 0.15) is 11.8 Å². The highest BCUT2D eigenvalue weighted by Crippen LogP contribution is 2.38. The van der Waals surface area contributed by atoms with Crippen molar-refractivity contribution in [2.75, 3.05) is 0 Å². The molecule has 2 N–H and O–H groups in total. The Labute approximate surface area is 185 Å². The number of aliphatic hydroxyl groups excluding tert-OH is 1. The number of allylic oxidation sites excluding steroid dienone is 1. The Morgan fingerprint density at radius 2 is 1.66 bits per heavy atom. The lowest BCUT2D eigenvalue weighted by Crippen LogP contribution is -2.33. The molecule has 4 rings (SSSR count). The molecule has 3 aromatic rings. The first-order valence-electron chi connectivity index (χ1n) is 9.34. The fraction of sp³-hybridized carbons (Fsp3) is 0.0870. The number of alkyl halides is 3. The predicted molar refractivity (Wildman–Crippen MR) is 111 cm³/mol. The number of pyridine rings is 1. The molecule has 0 spiro atoms. The topological polar surface area (TPSA) is 79.3 Å². The third kappa shape index (κ3) is 4.02. The van der Waals surface area contributed by atoms with Gasteiger partial charge in [0.2, 0.25) is 0 Å². The van der Waals surface area contributed by atoms with Gasteiger partial charge in [0.15, 0.2) is 5.78 Å². The van der Waals surface area contributed by atoms with Crippen molar-refractivity contribution in [1.82, 2.24) is 10.3 Å². The van der Waals surface area contributed by atoms with Crippen molar-refractivity contribution in [3.05, 3.63) is 99.8 Å². The summed E-state index contributed by atoms with van der Waals surface area (Å²) in [5.74, 6) is -2.20. The third-order valence-electron chi connectivity index (χ3n) is 4.91. The van der Waals surface area contributed by atoms with Crippen molar-refractivity contribution in [3.63, 3.8) is 0 Å². The Bertz CT molecular complexity index is 1240. The van der Waals surface area contributed by atoms with E-state index in [1.807, 2.05) is 0 Å². The smallest absolute Gasteiger partial charge is 0.382 e. The molecule has 1 amide bonds. The van der Waals surface area contributed by atoms with Crippen LogP contribution >= 0.6 is 11.6 Å². The van der Waals surface area contributed by atoms with Crippen LogP contribution in [-0.2, 0) is 0 Å². The Hall–Kier alpha value is -3.49. The molecule has 1 unspecified atom stereocenters. The summed E-state index contributed by atoms with van der Waals surface area (Å²) in [6.45, 7) is 0. The number of hydrogen-bond acceptors (Lipinski definition) is 4. The lowest BCUT2D eigenvalue weighted by Gasteiger charge is -2.18. The number of aromatic nitrogens is 1. The average molecular weight is 459 g/mol. The number of carbonyl (C=O) groups is 2. The van der Waals surface area contributed by atoms with Crippen LogP contribution < -0.4 is 5.32 Å². The summed E-state index contributed by atoms with van der Waals surface area (Å²) in [7, 11) is 0. The van der Waals surface area contributed by atoms with Crippen molar-refractivity contribution >= 4 is 23.3 Å². The predicted octanol–water partition coefficient (Wildman–Crippen LogP) is 4.88. The second-order valence-corrected chi connectivity index (χ2v) is 7.41. The molecule has 2 aromatic carbocycles. The number of Topliss-reactive ketones (excluding diaryl/α,β-unsaturated/α-hetero) is 1. The molecule has 162 valence electrons. The summed E-state index contributed by atoms with van der Waals surface area (Å²) < 4.78 is 41.5. The average Bonchev–Trinajstić information content (AvgIpc) is 2.89. The first kappa shape index (κ1) is 21.7. The van der Waals surface area contributed by atoms with Crippen molar-refractivity contribution < 1.29 is 27.9 Å². The molecule has 0 bridgehead atoms. The van der Waals surface area contributed by atoms with Gasteiger partial charge in [-0.05, 0) is 24.3 Å². The van der Waals surface area contributed by atoms with Gasteiger partial charge in [0.25, 0.3) is 5.91 Å². The molecule has 0 aliphatic carbocycles. The number of rotatable bonds is 3. The number of halogens is 4. The maximum Gasteiger partial charge on any atom is 0.431 e. The summed E-state index contributed by atoms with van der Waals surface area (Å²) in [6, 6.07) is 16.3. The molecule has 0 fully saturated rings. The van der Waals surface area contributed by atoms with Gasteiger partial charge in [-0.2, -0.15) is 13.2 Å². The third-order valence-corrected chi connectivity index (χ3v) is 5.17. The normalized spacial score (nSPS) is 16.3. The summed E-state index contributed by atoms with van der Waals surface area (Å²) in [6.07, 6.45) is -7.20. The zero-order valence-electron chi connectivity index (χ0n) is 16.2. The van der Waals surface area contributed by atoms with E-state index < -0.39 is 35.2 Å². The number of benzene rings is 2. The van der Waals surface area contributed by atoms with E-state index in [0.717, 1.165) is 0 Å². The molecule has 1 aromatic heterocycles. The van der Waals surface area contributed by atoms with Gasteiger partial charge in [-0.1, -0.05) is 54.1 Å². The second kappa shape index (κ2) is 8.22. The first-order chi connectivity index (χ1) is 15.2. The maximum atomic E-state index is 13.8. The van der Waals surface area contributed by atoms with Crippen LogP contribution in [0.4, 0.5) is 13.2 Å². The summed E-state index contributed by atoms with van der Waals surface area (Å²) in [5, 5.41) is 13.2. The van der Waals surface area contributed by atoms with Gasteiger partial charge in [-0.25, -0.2) is 4.98 Å². The molecule has 1 aliphatic rings. The largest absolute Gasteiger partial charge is 0.431 e. The van der Waals surface area contributed by atoms with Crippen molar-refractivity contribution in [2.24, 2.45) is 0 Å². The Morgan fingerprint density at radius 1 is 1.00 bits per heavy atom. The zero-order chi connectivity index (χ0) is 23.0. The van der Waals surface area contributed by atoms with E-state index in [9.17, 15) is 27.9 Å². The zero-order valence-corrected chi connectivity index (χ0v) is 16.9. The van der Waals surface area contributed by atoms with E-state index >= 15 is 0 Å². The summed E-state index contributed by atoms with van der Waals surface area (Å²) in [4.78, 5) is 29.8. The van der Waals surface area contributed by atoms with Gasteiger partial charge >= 0.3 is 6.18 Å². The fourth-order valence-electron chi connectivity index (χ4n) is 3.38. The number of ketones is 1. The highest BCUT2D eigenvalue weighted by Gasteiger charge is 2.45. The van der Waals surface area contributed by atoms with Crippen molar-refractivity contribution in [2.45, 2.75) is 12.3 Å². The molecule has 1 aliphatic heterocycles. The van der Waals surface area contributed by atoms with Crippen molar-refractivity contribution in [3.8, 4) is 11.3 Å². The van der Waals surface area contributed by atoms with Gasteiger partial charge < -0.3 is 10.4 Å². The van der Waals surface area contributed by atoms with Crippen LogP contribution in [0.1, 0.15) is 32.5 Å². The molecule has 0 saturated carbocycles. The van der Waals surface area contributed by atoms with E-state index in [-0.39, 0.29) is 22.5 Å². The van der Waals surface area contributed by atoms with E-state index in [4.69, 9.17) is 11.6 Å². The lowest BCUT2D eigenvalue weighted by atomic mass is 9.93. The molecule has 0 radical (unpaired) electrons. The maximum absolute atomic E-state index is 13.8. The number of hydrogen-bond donors (Lipinski definition) is 2. The monoisotopic (exact) mass is 458 g/mol. The Balaban J connectivity index is 1.91. The minimum absolute atomic E-state index is 0.0742. The quantitative estimate of drug-likeness (QED) is 0.548. The molecular weight excluding hydrogens is 445 g/mol. The van der Waals surface area contributed by atoms with E-state index in [1.54, 1.807) is 35.6 Å². The van der Waals surface area contributed by atoms with Gasteiger partial charge in [-0.15, -0.1) is 0 Å². The van der Waals surface area contributed by atoms with E-state index in [1.165, 1.54) is 36.4 Å².